The third-order valence-electron chi connectivity index (χ3n) is 5.32. The van der Waals surface area contributed by atoms with Crippen molar-refractivity contribution < 1.29 is 13.2 Å². The lowest BCUT2D eigenvalue weighted by molar-refractivity contribution is -0.137. The molecule has 0 amide bonds. The van der Waals surface area contributed by atoms with E-state index < -0.39 is 11.7 Å². The first-order valence-corrected chi connectivity index (χ1v) is 9.07. The maximum atomic E-state index is 13.1. The van der Waals surface area contributed by atoms with Gasteiger partial charge >= 0.3 is 6.18 Å². The first kappa shape index (κ1) is 16.5. The summed E-state index contributed by atoms with van der Waals surface area (Å²) in [6.07, 6.45) is 3.45. The molecule has 3 nitrogen and oxygen atoms in total. The maximum absolute atomic E-state index is 13.1. The van der Waals surface area contributed by atoms with Gasteiger partial charge in [0.25, 0.3) is 0 Å². The van der Waals surface area contributed by atoms with Crippen molar-refractivity contribution in [2.75, 3.05) is 11.9 Å². The Morgan fingerprint density at radius 3 is 2.64 bits per heavy atom. The Morgan fingerprint density at radius 1 is 1.08 bits per heavy atom. The van der Waals surface area contributed by atoms with Crippen molar-refractivity contribution in [3.05, 3.63) is 41.1 Å². The van der Waals surface area contributed by atoms with E-state index in [0.717, 1.165) is 56.2 Å². The largest absolute Gasteiger partial charge is 0.416 e. The quantitative estimate of drug-likeness (QED) is 0.798. The van der Waals surface area contributed by atoms with Crippen LogP contribution in [0.25, 0.3) is 5.69 Å². The summed E-state index contributed by atoms with van der Waals surface area (Å²) in [5.74, 6) is 1.33. The van der Waals surface area contributed by atoms with Gasteiger partial charge in [0.15, 0.2) is 0 Å². The van der Waals surface area contributed by atoms with E-state index in [0.29, 0.717) is 11.6 Å². The Labute approximate surface area is 145 Å². The van der Waals surface area contributed by atoms with Gasteiger partial charge in [0.1, 0.15) is 5.82 Å². The zero-order valence-electron chi connectivity index (χ0n) is 14.1. The van der Waals surface area contributed by atoms with Crippen molar-refractivity contribution in [1.82, 2.24) is 9.78 Å². The van der Waals surface area contributed by atoms with E-state index in [4.69, 9.17) is 5.10 Å². The molecule has 0 radical (unpaired) electrons. The highest BCUT2D eigenvalue weighted by Gasteiger charge is 2.32. The number of anilines is 1. The second-order valence-electron chi connectivity index (χ2n) is 7.04. The first-order chi connectivity index (χ1) is 12.0. The van der Waals surface area contributed by atoms with Crippen molar-refractivity contribution in [3.63, 3.8) is 0 Å². The Balaban J connectivity index is 1.82. The summed E-state index contributed by atoms with van der Waals surface area (Å²) < 4.78 is 41.0. The molecule has 1 aromatic carbocycles. The molecule has 25 heavy (non-hydrogen) atoms. The molecule has 1 fully saturated rings. The number of alkyl halides is 3. The van der Waals surface area contributed by atoms with Crippen molar-refractivity contribution in [1.29, 1.82) is 0 Å². The third-order valence-corrected chi connectivity index (χ3v) is 5.32. The number of nitrogens with one attached hydrogen (secondary N) is 1. The summed E-state index contributed by atoms with van der Waals surface area (Å²) in [6.45, 7) is 0.835. The van der Waals surface area contributed by atoms with Crippen LogP contribution in [0.1, 0.15) is 61.3 Å². The monoisotopic (exact) mass is 349 g/mol. The van der Waals surface area contributed by atoms with Gasteiger partial charge in [0, 0.05) is 18.0 Å². The van der Waals surface area contributed by atoms with E-state index in [9.17, 15) is 13.2 Å². The predicted octanol–water partition coefficient (Wildman–Crippen LogP) is 5.30. The number of hydrogen-bond acceptors (Lipinski definition) is 2. The highest BCUT2D eigenvalue weighted by molar-refractivity contribution is 5.55. The molecule has 1 saturated carbocycles. The minimum absolute atomic E-state index is 0.445. The fraction of sp³-hybridized carbons (Fsp3) is 0.526. The predicted molar refractivity (Wildman–Crippen MR) is 91.2 cm³/mol. The molecule has 0 unspecified atom stereocenters. The van der Waals surface area contributed by atoms with Crippen LogP contribution in [0, 0.1) is 0 Å². The van der Waals surface area contributed by atoms with Gasteiger partial charge in [-0.1, -0.05) is 18.9 Å². The Morgan fingerprint density at radius 2 is 1.88 bits per heavy atom. The standard InChI is InChI=1S/C19H22F3N3/c20-19(21,22)14-8-5-9-15(12-14)25-18-16(10-3-4-11-23-18)17(24-25)13-6-1-2-7-13/h5,8-9,12-13,23H,1-4,6-7,10-11H2. The summed E-state index contributed by atoms with van der Waals surface area (Å²) in [6, 6.07) is 5.46. The van der Waals surface area contributed by atoms with Crippen LogP contribution < -0.4 is 5.32 Å². The number of benzene rings is 1. The second-order valence-corrected chi connectivity index (χ2v) is 7.04. The zero-order chi connectivity index (χ0) is 17.4. The van der Waals surface area contributed by atoms with Crippen LogP contribution in [-0.4, -0.2) is 16.3 Å². The average molecular weight is 349 g/mol. The van der Waals surface area contributed by atoms with Crippen molar-refractivity contribution >= 4 is 5.82 Å². The maximum Gasteiger partial charge on any atom is 0.416 e. The molecule has 2 heterocycles. The minimum atomic E-state index is -4.35. The van der Waals surface area contributed by atoms with E-state index in [-0.39, 0.29) is 0 Å². The highest BCUT2D eigenvalue weighted by Crippen LogP contribution is 2.40. The first-order valence-electron chi connectivity index (χ1n) is 9.07. The van der Waals surface area contributed by atoms with E-state index in [1.165, 1.54) is 30.5 Å². The van der Waals surface area contributed by atoms with Gasteiger partial charge in [-0.05, 0) is 50.3 Å². The van der Waals surface area contributed by atoms with Crippen LogP contribution in [0.4, 0.5) is 19.0 Å². The molecule has 1 aliphatic heterocycles. The van der Waals surface area contributed by atoms with E-state index in [1.807, 2.05) is 0 Å². The van der Waals surface area contributed by atoms with Gasteiger partial charge in [-0.25, -0.2) is 4.68 Å². The molecule has 0 spiro atoms. The zero-order valence-corrected chi connectivity index (χ0v) is 14.1. The van der Waals surface area contributed by atoms with Gasteiger partial charge in [-0.15, -0.1) is 0 Å². The molecule has 0 atom stereocenters. The van der Waals surface area contributed by atoms with Gasteiger partial charge in [-0.2, -0.15) is 18.3 Å². The number of fused-ring (bicyclic) bond motifs is 1. The molecule has 2 aliphatic rings. The summed E-state index contributed by atoms with van der Waals surface area (Å²) >= 11 is 0. The number of hydrogen-bond donors (Lipinski definition) is 1. The molecule has 4 rings (SSSR count). The number of rotatable bonds is 2. The fourth-order valence-electron chi connectivity index (χ4n) is 4.06. The lowest BCUT2D eigenvalue weighted by Crippen LogP contribution is -2.09. The molecule has 0 bridgehead atoms. The smallest absolute Gasteiger partial charge is 0.370 e. The normalized spacial score (nSPS) is 18.7. The number of halogens is 3. The topological polar surface area (TPSA) is 29.9 Å². The molecular weight excluding hydrogens is 327 g/mol. The lowest BCUT2D eigenvalue weighted by atomic mass is 9.97. The second kappa shape index (κ2) is 6.39. The van der Waals surface area contributed by atoms with Gasteiger partial charge in [0.2, 0.25) is 0 Å². The van der Waals surface area contributed by atoms with Gasteiger partial charge in [0.05, 0.1) is 16.9 Å². The molecule has 6 heteroatoms. The Hall–Kier alpha value is -1.98. The Bertz CT molecular complexity index is 758. The molecular formula is C19H22F3N3. The molecule has 0 saturated heterocycles. The number of nitrogens with zero attached hydrogens (tertiary/aromatic N) is 2. The van der Waals surface area contributed by atoms with Crippen molar-refractivity contribution in [2.24, 2.45) is 0 Å². The number of aromatic nitrogens is 2. The van der Waals surface area contributed by atoms with E-state index >= 15 is 0 Å². The Kier molecular flexibility index (Phi) is 4.21. The highest BCUT2D eigenvalue weighted by atomic mass is 19.4. The molecule has 1 N–H and O–H groups in total. The van der Waals surface area contributed by atoms with Crippen LogP contribution in [0.2, 0.25) is 0 Å². The summed E-state index contributed by atoms with van der Waals surface area (Å²) in [4.78, 5) is 0. The molecule has 134 valence electrons. The third kappa shape index (κ3) is 3.14. The SMILES string of the molecule is FC(F)(F)c1cccc(-n2nc(C3CCCC3)c3c2NCCCC3)c1. The van der Waals surface area contributed by atoms with Crippen molar-refractivity contribution in [3.8, 4) is 5.69 Å². The van der Waals surface area contributed by atoms with Gasteiger partial charge in [-0.3, -0.25) is 0 Å². The van der Waals surface area contributed by atoms with Crippen LogP contribution >= 0.6 is 0 Å². The molecule has 1 aliphatic carbocycles. The lowest BCUT2D eigenvalue weighted by Gasteiger charge is -2.12. The van der Waals surface area contributed by atoms with Crippen LogP contribution in [-0.2, 0) is 12.6 Å². The van der Waals surface area contributed by atoms with Crippen molar-refractivity contribution in [2.45, 2.75) is 57.0 Å². The summed E-state index contributed by atoms with van der Waals surface area (Å²) in [5, 5.41) is 8.21. The van der Waals surface area contributed by atoms with E-state index in [2.05, 4.69) is 5.32 Å². The minimum Gasteiger partial charge on any atom is -0.370 e. The summed E-state index contributed by atoms with van der Waals surface area (Å²) in [7, 11) is 0. The van der Waals surface area contributed by atoms with Crippen LogP contribution in [0.5, 0.6) is 0 Å². The van der Waals surface area contributed by atoms with Crippen LogP contribution in [0.15, 0.2) is 24.3 Å². The molecule has 2 aromatic rings. The van der Waals surface area contributed by atoms with Crippen LogP contribution in [0.3, 0.4) is 0 Å². The fourth-order valence-corrected chi connectivity index (χ4v) is 4.06. The average Bonchev–Trinajstić information content (AvgIpc) is 3.16. The van der Waals surface area contributed by atoms with E-state index in [1.54, 1.807) is 10.7 Å². The summed E-state index contributed by atoms with van der Waals surface area (Å²) in [5.41, 5.74) is 2.15. The molecule has 1 aromatic heterocycles. The van der Waals surface area contributed by atoms with Gasteiger partial charge < -0.3 is 5.32 Å².